The van der Waals surface area contributed by atoms with Crippen LogP contribution in [0.4, 0.5) is 4.39 Å². The quantitative estimate of drug-likeness (QED) is 0.485. The molecule has 1 fully saturated rings. The van der Waals surface area contributed by atoms with Gasteiger partial charge in [0.25, 0.3) is 0 Å². The molecule has 4 aromatic rings. The average Bonchev–Trinajstić information content (AvgIpc) is 3.17. The molecule has 2 aromatic carbocycles. The highest BCUT2D eigenvalue weighted by atomic mass is 35.5. The number of fused-ring (bicyclic) bond motifs is 3. The molecule has 1 aliphatic heterocycles. The van der Waals surface area contributed by atoms with Crippen molar-refractivity contribution in [3.8, 4) is 11.4 Å². The van der Waals surface area contributed by atoms with Gasteiger partial charge in [-0.25, -0.2) is 9.37 Å². The fourth-order valence-corrected chi connectivity index (χ4v) is 4.27. The molecule has 1 aliphatic rings. The first-order valence-electron chi connectivity index (χ1n) is 9.86. The number of rotatable bonds is 3. The lowest BCUT2D eigenvalue weighted by Crippen LogP contribution is -2.33. The first-order valence-corrected chi connectivity index (χ1v) is 10.2. The van der Waals surface area contributed by atoms with E-state index in [-0.39, 0.29) is 0 Å². The molecular formula is C22H21ClFN5. The van der Waals surface area contributed by atoms with Gasteiger partial charge < -0.3 is 0 Å². The summed E-state index contributed by atoms with van der Waals surface area (Å²) in [5.41, 5.74) is 5.38. The third kappa shape index (κ3) is 3.36. The number of aryl methyl sites for hydroxylation is 1. The van der Waals surface area contributed by atoms with Crippen molar-refractivity contribution in [2.75, 3.05) is 13.1 Å². The Morgan fingerprint density at radius 1 is 1.10 bits per heavy atom. The monoisotopic (exact) mass is 409 g/mol. The Hall–Kier alpha value is -2.57. The van der Waals surface area contributed by atoms with Crippen molar-refractivity contribution in [1.82, 2.24) is 24.5 Å². The largest absolute Gasteiger partial charge is 0.299 e. The molecule has 29 heavy (non-hydrogen) atoms. The maximum atomic E-state index is 13.5. The van der Waals surface area contributed by atoms with Crippen LogP contribution in [0.5, 0.6) is 0 Å². The van der Waals surface area contributed by atoms with Crippen molar-refractivity contribution in [2.45, 2.75) is 32.5 Å². The number of halogens is 2. The van der Waals surface area contributed by atoms with Crippen LogP contribution in [0.1, 0.15) is 24.1 Å². The van der Waals surface area contributed by atoms with Crippen molar-refractivity contribution < 1.29 is 4.39 Å². The van der Waals surface area contributed by atoms with Crippen LogP contribution in [0, 0.1) is 6.92 Å². The predicted molar refractivity (Wildman–Crippen MR) is 113 cm³/mol. The zero-order valence-corrected chi connectivity index (χ0v) is 16.9. The van der Waals surface area contributed by atoms with Crippen LogP contribution in [-0.4, -0.2) is 43.7 Å². The molecule has 0 saturated carbocycles. The van der Waals surface area contributed by atoms with Crippen LogP contribution in [0.25, 0.3) is 28.1 Å². The zero-order valence-electron chi connectivity index (χ0n) is 16.1. The van der Waals surface area contributed by atoms with Gasteiger partial charge in [0.2, 0.25) is 0 Å². The second-order valence-corrected chi connectivity index (χ2v) is 8.04. The average molecular weight is 410 g/mol. The van der Waals surface area contributed by atoms with Gasteiger partial charge >= 0.3 is 0 Å². The molecule has 2 aromatic heterocycles. The lowest BCUT2D eigenvalue weighted by Gasteiger charge is -2.28. The molecule has 0 N–H and O–H groups in total. The molecule has 7 heteroatoms. The standard InChI is InChI=1S/C22H21ClFN5/c1-14-21-26-27-22(17-4-2-3-5-18(17)23)29(21)20-12-15(6-7-19(20)25-14)13-28-10-8-16(24)9-11-28/h2-7,12,16H,8-11,13H2,1H3. The number of alkyl halides is 1. The summed E-state index contributed by atoms with van der Waals surface area (Å²) in [6, 6.07) is 13.9. The third-order valence-electron chi connectivity index (χ3n) is 5.59. The van der Waals surface area contributed by atoms with E-state index in [1.807, 2.05) is 41.7 Å². The Balaban J connectivity index is 1.64. The summed E-state index contributed by atoms with van der Waals surface area (Å²) in [6.45, 7) is 4.31. The van der Waals surface area contributed by atoms with Crippen LogP contribution < -0.4 is 0 Å². The second kappa shape index (κ2) is 7.35. The number of nitrogens with zero attached hydrogens (tertiary/aromatic N) is 5. The van der Waals surface area contributed by atoms with Gasteiger partial charge in [0.05, 0.1) is 21.7 Å². The summed E-state index contributed by atoms with van der Waals surface area (Å²) < 4.78 is 15.5. The Bertz CT molecular complexity index is 1200. The fourth-order valence-electron chi connectivity index (χ4n) is 4.05. The van der Waals surface area contributed by atoms with Gasteiger partial charge in [-0.1, -0.05) is 29.8 Å². The highest BCUT2D eigenvalue weighted by molar-refractivity contribution is 6.33. The molecular weight excluding hydrogens is 389 g/mol. The summed E-state index contributed by atoms with van der Waals surface area (Å²) in [5.74, 6) is 0.705. The number of aromatic nitrogens is 4. The minimum Gasteiger partial charge on any atom is -0.299 e. The van der Waals surface area contributed by atoms with Gasteiger partial charge in [-0.05, 0) is 49.6 Å². The van der Waals surface area contributed by atoms with E-state index >= 15 is 0 Å². The molecule has 0 bridgehead atoms. The number of benzene rings is 2. The second-order valence-electron chi connectivity index (χ2n) is 7.63. The van der Waals surface area contributed by atoms with Gasteiger partial charge in [-0.3, -0.25) is 9.30 Å². The maximum Gasteiger partial charge on any atom is 0.183 e. The van der Waals surface area contributed by atoms with E-state index in [0.29, 0.717) is 23.7 Å². The maximum absolute atomic E-state index is 13.5. The summed E-state index contributed by atoms with van der Waals surface area (Å²) in [6.07, 6.45) is 0.561. The lowest BCUT2D eigenvalue weighted by molar-refractivity contribution is 0.145. The van der Waals surface area contributed by atoms with E-state index in [1.54, 1.807) is 0 Å². The van der Waals surface area contributed by atoms with E-state index in [0.717, 1.165) is 47.6 Å². The lowest BCUT2D eigenvalue weighted by atomic mass is 10.1. The van der Waals surface area contributed by atoms with Crippen molar-refractivity contribution in [1.29, 1.82) is 0 Å². The minimum absolute atomic E-state index is 0.612. The first kappa shape index (κ1) is 18.5. The molecule has 0 atom stereocenters. The van der Waals surface area contributed by atoms with Gasteiger partial charge in [-0.15, -0.1) is 10.2 Å². The molecule has 0 unspecified atom stereocenters. The van der Waals surface area contributed by atoms with Crippen molar-refractivity contribution in [2.24, 2.45) is 0 Å². The molecule has 0 radical (unpaired) electrons. The normalized spacial score (nSPS) is 16.1. The van der Waals surface area contributed by atoms with Crippen LogP contribution in [-0.2, 0) is 6.54 Å². The molecule has 3 heterocycles. The fraction of sp³-hybridized carbons (Fsp3) is 0.318. The van der Waals surface area contributed by atoms with Crippen LogP contribution >= 0.6 is 11.6 Å². The van der Waals surface area contributed by atoms with E-state index in [4.69, 9.17) is 16.6 Å². The third-order valence-corrected chi connectivity index (χ3v) is 5.92. The van der Waals surface area contributed by atoms with Crippen LogP contribution in [0.2, 0.25) is 5.02 Å². The summed E-state index contributed by atoms with van der Waals surface area (Å²) in [4.78, 5) is 7.01. The molecule has 1 saturated heterocycles. The smallest absolute Gasteiger partial charge is 0.183 e. The van der Waals surface area contributed by atoms with Gasteiger partial charge in [-0.2, -0.15) is 0 Å². The van der Waals surface area contributed by atoms with Crippen molar-refractivity contribution >= 4 is 28.3 Å². The van der Waals surface area contributed by atoms with Gasteiger partial charge in [0, 0.05) is 25.2 Å². The highest BCUT2D eigenvalue weighted by Gasteiger charge is 2.20. The predicted octanol–water partition coefficient (Wildman–Crippen LogP) is 4.84. The van der Waals surface area contributed by atoms with Crippen molar-refractivity contribution in [3.63, 3.8) is 0 Å². The van der Waals surface area contributed by atoms with E-state index in [1.165, 1.54) is 5.56 Å². The van der Waals surface area contributed by atoms with Gasteiger partial charge in [0.1, 0.15) is 6.17 Å². The number of piperidine rings is 1. The Kier molecular flexibility index (Phi) is 4.68. The Morgan fingerprint density at radius 2 is 1.90 bits per heavy atom. The first-order chi connectivity index (χ1) is 14.1. The Morgan fingerprint density at radius 3 is 2.69 bits per heavy atom. The molecule has 0 spiro atoms. The van der Waals surface area contributed by atoms with E-state index < -0.39 is 6.17 Å². The zero-order chi connectivity index (χ0) is 20.0. The van der Waals surface area contributed by atoms with Crippen LogP contribution in [0.15, 0.2) is 42.5 Å². The molecule has 5 rings (SSSR count). The number of likely N-dealkylation sites (tertiary alicyclic amines) is 1. The summed E-state index contributed by atoms with van der Waals surface area (Å²) in [5, 5.41) is 9.44. The SMILES string of the molecule is Cc1nc2ccc(CN3CCC(F)CC3)cc2n2c(-c3ccccc3Cl)nnc12. The number of hydrogen-bond acceptors (Lipinski definition) is 4. The summed E-state index contributed by atoms with van der Waals surface area (Å²) in [7, 11) is 0. The molecule has 0 aliphatic carbocycles. The molecule has 148 valence electrons. The number of hydrogen-bond donors (Lipinski definition) is 0. The molecule has 0 amide bonds. The van der Waals surface area contributed by atoms with Gasteiger partial charge in [0.15, 0.2) is 11.5 Å². The van der Waals surface area contributed by atoms with Crippen molar-refractivity contribution in [3.05, 3.63) is 58.7 Å². The van der Waals surface area contributed by atoms with Crippen LogP contribution in [0.3, 0.4) is 0 Å². The van der Waals surface area contributed by atoms with E-state index in [9.17, 15) is 4.39 Å². The topological polar surface area (TPSA) is 46.3 Å². The highest BCUT2D eigenvalue weighted by Crippen LogP contribution is 2.30. The minimum atomic E-state index is -0.662. The molecule has 5 nitrogen and oxygen atoms in total. The van der Waals surface area contributed by atoms with E-state index in [2.05, 4.69) is 27.2 Å². The Labute approximate surface area is 173 Å². The summed E-state index contributed by atoms with van der Waals surface area (Å²) >= 11 is 6.44.